The van der Waals surface area contributed by atoms with Crippen LogP contribution in [0.15, 0.2) is 42.5 Å². The second-order valence-corrected chi connectivity index (χ2v) is 8.11. The normalized spacial score (nSPS) is 14.5. The summed E-state index contributed by atoms with van der Waals surface area (Å²) in [4.78, 5) is 24.9. The quantitative estimate of drug-likeness (QED) is 0.726. The third kappa shape index (κ3) is 4.71. The summed E-state index contributed by atoms with van der Waals surface area (Å²) in [7, 11) is 0. The zero-order valence-electron chi connectivity index (χ0n) is 17.0. The zero-order chi connectivity index (χ0) is 20.3. The molecule has 2 amide bonds. The van der Waals surface area contributed by atoms with Gasteiger partial charge in [0.2, 0.25) is 5.91 Å². The topological polar surface area (TPSA) is 67.4 Å². The molecular formula is C23H28N2O3. The van der Waals surface area contributed by atoms with Gasteiger partial charge in [0.05, 0.1) is 12.0 Å². The Morgan fingerprint density at radius 3 is 2.18 bits per heavy atom. The van der Waals surface area contributed by atoms with Gasteiger partial charge in [-0.15, -0.1) is 0 Å². The lowest BCUT2D eigenvalue weighted by molar-refractivity contribution is -0.118. The Labute approximate surface area is 166 Å². The van der Waals surface area contributed by atoms with E-state index in [-0.39, 0.29) is 11.8 Å². The zero-order valence-corrected chi connectivity index (χ0v) is 17.0. The fourth-order valence-electron chi connectivity index (χ4n) is 3.34. The number of carbonyl (C=O) groups excluding carboxylic acids is 2. The van der Waals surface area contributed by atoms with Crippen molar-refractivity contribution in [2.75, 3.05) is 17.2 Å². The fraction of sp³-hybridized carbons (Fsp3) is 0.391. The van der Waals surface area contributed by atoms with Gasteiger partial charge in [0, 0.05) is 11.4 Å². The van der Waals surface area contributed by atoms with E-state index in [1.807, 2.05) is 19.9 Å². The lowest BCUT2D eigenvalue weighted by Crippen LogP contribution is -2.28. The van der Waals surface area contributed by atoms with Crippen molar-refractivity contribution in [1.29, 1.82) is 0 Å². The molecule has 0 radical (unpaired) electrons. The van der Waals surface area contributed by atoms with Gasteiger partial charge in [-0.05, 0) is 56.4 Å². The van der Waals surface area contributed by atoms with Gasteiger partial charge in [0.25, 0.3) is 0 Å². The number of aryl methyl sites for hydroxylation is 2. The van der Waals surface area contributed by atoms with Gasteiger partial charge in [0.15, 0.2) is 0 Å². The first-order chi connectivity index (χ1) is 13.3. The molecule has 28 heavy (non-hydrogen) atoms. The average Bonchev–Trinajstić information content (AvgIpc) is 3.41. The molecule has 1 saturated carbocycles. The monoisotopic (exact) mass is 380 g/mol. The lowest BCUT2D eigenvalue weighted by Gasteiger charge is -2.18. The predicted molar refractivity (Wildman–Crippen MR) is 112 cm³/mol. The highest BCUT2D eigenvalue weighted by molar-refractivity contribution is 6.02. The standard InChI is InChI=1S/C23H28N2O3/c1-15(2)14-28-22(27)25-20-7-5-6-19(13-20)24-21(26)23(8-9-23)18-11-16(3)10-17(4)12-18/h5-7,10-13,15H,8-9,14H2,1-4H3,(H,24,26)(H,25,27). The Bertz CT molecular complexity index is 865. The molecule has 1 aliphatic rings. The highest BCUT2D eigenvalue weighted by Gasteiger charge is 2.51. The van der Waals surface area contributed by atoms with Crippen LogP contribution in [0.3, 0.4) is 0 Å². The summed E-state index contributed by atoms with van der Waals surface area (Å²) in [6, 6.07) is 13.4. The van der Waals surface area contributed by atoms with Crippen LogP contribution >= 0.6 is 0 Å². The van der Waals surface area contributed by atoms with Crippen molar-refractivity contribution in [3.05, 3.63) is 59.2 Å². The molecule has 1 fully saturated rings. The van der Waals surface area contributed by atoms with Gasteiger partial charge in [-0.3, -0.25) is 10.1 Å². The van der Waals surface area contributed by atoms with Crippen LogP contribution in [0.4, 0.5) is 16.2 Å². The van der Waals surface area contributed by atoms with Crippen LogP contribution in [-0.2, 0) is 14.9 Å². The second kappa shape index (κ2) is 8.05. The van der Waals surface area contributed by atoms with E-state index in [9.17, 15) is 9.59 Å². The van der Waals surface area contributed by atoms with Gasteiger partial charge in [0.1, 0.15) is 0 Å². The number of amides is 2. The van der Waals surface area contributed by atoms with Gasteiger partial charge in [-0.2, -0.15) is 0 Å². The number of anilines is 2. The van der Waals surface area contributed by atoms with Gasteiger partial charge < -0.3 is 10.1 Å². The molecule has 3 rings (SSSR count). The van der Waals surface area contributed by atoms with Crippen LogP contribution in [0, 0.1) is 19.8 Å². The lowest BCUT2D eigenvalue weighted by atomic mass is 9.92. The van der Waals surface area contributed by atoms with Crippen LogP contribution in [0.2, 0.25) is 0 Å². The summed E-state index contributed by atoms with van der Waals surface area (Å²) in [5, 5.41) is 5.71. The molecule has 0 heterocycles. The summed E-state index contributed by atoms with van der Waals surface area (Å²) in [6.07, 6.45) is 1.20. The van der Waals surface area contributed by atoms with Gasteiger partial charge >= 0.3 is 6.09 Å². The van der Waals surface area contributed by atoms with Crippen LogP contribution in [-0.4, -0.2) is 18.6 Å². The molecular weight excluding hydrogens is 352 g/mol. The molecule has 1 aliphatic carbocycles. The first-order valence-electron chi connectivity index (χ1n) is 9.72. The number of carbonyl (C=O) groups is 2. The molecule has 0 saturated heterocycles. The highest BCUT2D eigenvalue weighted by Crippen LogP contribution is 2.49. The maximum atomic E-state index is 13.0. The number of rotatable bonds is 6. The van der Waals surface area contributed by atoms with Crippen LogP contribution in [0.1, 0.15) is 43.4 Å². The summed E-state index contributed by atoms with van der Waals surface area (Å²) in [5.74, 6) is 0.272. The number of nitrogens with one attached hydrogen (secondary N) is 2. The molecule has 2 aromatic rings. The molecule has 0 spiro atoms. The largest absolute Gasteiger partial charge is 0.449 e. The van der Waals surface area contributed by atoms with Crippen molar-refractivity contribution in [2.24, 2.45) is 5.92 Å². The van der Waals surface area contributed by atoms with Crippen molar-refractivity contribution < 1.29 is 14.3 Å². The highest BCUT2D eigenvalue weighted by atomic mass is 16.5. The van der Waals surface area contributed by atoms with Gasteiger partial charge in [-0.25, -0.2) is 4.79 Å². The average molecular weight is 380 g/mol. The van der Waals surface area contributed by atoms with Gasteiger partial charge in [-0.1, -0.05) is 49.2 Å². The molecule has 5 nitrogen and oxygen atoms in total. The van der Waals surface area contributed by atoms with E-state index in [2.05, 4.69) is 42.7 Å². The second-order valence-electron chi connectivity index (χ2n) is 8.11. The third-order valence-corrected chi connectivity index (χ3v) is 4.87. The SMILES string of the molecule is Cc1cc(C)cc(C2(C(=O)Nc3cccc(NC(=O)OCC(C)C)c3)CC2)c1. The maximum absolute atomic E-state index is 13.0. The Hall–Kier alpha value is -2.82. The Balaban J connectivity index is 1.68. The van der Waals surface area contributed by atoms with Crippen molar-refractivity contribution in [1.82, 2.24) is 0 Å². The maximum Gasteiger partial charge on any atom is 0.411 e. The van der Waals surface area contributed by atoms with E-state index < -0.39 is 11.5 Å². The van der Waals surface area contributed by atoms with Crippen molar-refractivity contribution >= 4 is 23.4 Å². The van der Waals surface area contributed by atoms with Crippen LogP contribution < -0.4 is 10.6 Å². The minimum absolute atomic E-state index is 0.00275. The predicted octanol–water partition coefficient (Wildman–Crippen LogP) is 5.18. The molecule has 0 aromatic heterocycles. The van der Waals surface area contributed by atoms with E-state index in [0.29, 0.717) is 18.0 Å². The van der Waals surface area contributed by atoms with Crippen molar-refractivity contribution in [3.63, 3.8) is 0 Å². The first-order valence-corrected chi connectivity index (χ1v) is 9.72. The summed E-state index contributed by atoms with van der Waals surface area (Å²) in [6.45, 7) is 8.43. The smallest absolute Gasteiger partial charge is 0.411 e. The molecule has 2 aromatic carbocycles. The van der Waals surface area contributed by atoms with Crippen molar-refractivity contribution in [2.45, 2.75) is 46.0 Å². The van der Waals surface area contributed by atoms with E-state index in [4.69, 9.17) is 4.74 Å². The molecule has 5 heteroatoms. The number of hydrogen-bond acceptors (Lipinski definition) is 3. The summed E-state index contributed by atoms with van der Waals surface area (Å²) >= 11 is 0. The molecule has 2 N–H and O–H groups in total. The Morgan fingerprint density at radius 1 is 1.00 bits per heavy atom. The molecule has 0 unspecified atom stereocenters. The van der Waals surface area contributed by atoms with Crippen LogP contribution in [0.5, 0.6) is 0 Å². The number of hydrogen-bond donors (Lipinski definition) is 2. The Morgan fingerprint density at radius 2 is 1.61 bits per heavy atom. The van der Waals surface area contributed by atoms with Crippen LogP contribution in [0.25, 0.3) is 0 Å². The van der Waals surface area contributed by atoms with E-state index >= 15 is 0 Å². The van der Waals surface area contributed by atoms with Crippen molar-refractivity contribution in [3.8, 4) is 0 Å². The number of ether oxygens (including phenoxy) is 1. The molecule has 148 valence electrons. The summed E-state index contributed by atoms with van der Waals surface area (Å²) < 4.78 is 5.14. The third-order valence-electron chi connectivity index (χ3n) is 4.87. The molecule has 0 atom stereocenters. The van der Waals surface area contributed by atoms with E-state index in [1.165, 1.54) is 11.1 Å². The Kier molecular flexibility index (Phi) is 5.73. The minimum atomic E-state index is -0.494. The van der Waals surface area contributed by atoms with E-state index in [1.54, 1.807) is 18.2 Å². The van der Waals surface area contributed by atoms with E-state index in [0.717, 1.165) is 18.4 Å². The fourth-order valence-corrected chi connectivity index (χ4v) is 3.34. The first kappa shape index (κ1) is 19.9. The summed E-state index contributed by atoms with van der Waals surface area (Å²) in [5.41, 5.74) is 4.20. The molecule has 0 bridgehead atoms. The number of benzene rings is 2. The molecule has 0 aliphatic heterocycles. The minimum Gasteiger partial charge on any atom is -0.449 e.